The van der Waals surface area contributed by atoms with Crippen molar-refractivity contribution in [3.63, 3.8) is 0 Å². The summed E-state index contributed by atoms with van der Waals surface area (Å²) in [5, 5.41) is 8.47. The molecule has 0 fully saturated rings. The molecule has 238 valence electrons. The lowest BCUT2D eigenvalue weighted by Gasteiger charge is -2.23. The van der Waals surface area contributed by atoms with Crippen molar-refractivity contribution in [3.8, 4) is 11.5 Å². The topological polar surface area (TPSA) is 105 Å². The molecule has 10 nitrogen and oxygen atoms in total. The Labute approximate surface area is 264 Å². The van der Waals surface area contributed by atoms with Crippen LogP contribution in [0.3, 0.4) is 0 Å². The molecule has 44 heavy (non-hydrogen) atoms. The molecule has 2 aromatic carbocycles. The van der Waals surface area contributed by atoms with Gasteiger partial charge in [-0.1, -0.05) is 30.3 Å². The van der Waals surface area contributed by atoms with E-state index in [2.05, 4.69) is 52.9 Å². The fourth-order valence-corrected chi connectivity index (χ4v) is 6.47. The lowest BCUT2D eigenvalue weighted by Crippen LogP contribution is -2.27. The highest BCUT2D eigenvalue weighted by atomic mass is 32.2. The van der Waals surface area contributed by atoms with Crippen LogP contribution in [0.1, 0.15) is 30.3 Å². The molecule has 0 saturated carbocycles. The van der Waals surface area contributed by atoms with E-state index in [0.717, 1.165) is 36.2 Å². The van der Waals surface area contributed by atoms with E-state index in [1.165, 1.54) is 16.0 Å². The Kier molecular flexibility index (Phi) is 12.5. The molecule has 2 aliphatic rings. The smallest absolute Gasteiger partial charge is 0.162 e. The van der Waals surface area contributed by atoms with Gasteiger partial charge in [-0.2, -0.15) is 0 Å². The summed E-state index contributed by atoms with van der Waals surface area (Å²) in [7, 11) is 1.63. The van der Waals surface area contributed by atoms with E-state index >= 15 is 0 Å². The summed E-state index contributed by atoms with van der Waals surface area (Å²) >= 11 is 1.92. The summed E-state index contributed by atoms with van der Waals surface area (Å²) in [5.74, 6) is 2.73. The summed E-state index contributed by atoms with van der Waals surface area (Å²) in [4.78, 5) is 10.8. The minimum absolute atomic E-state index is 0.159. The van der Waals surface area contributed by atoms with Gasteiger partial charge in [-0.05, 0) is 37.5 Å². The second-order valence-corrected chi connectivity index (χ2v) is 11.9. The quantitative estimate of drug-likeness (QED) is 0.389. The lowest BCUT2D eigenvalue weighted by molar-refractivity contribution is -0.00433. The van der Waals surface area contributed by atoms with Crippen LogP contribution < -0.4 is 20.1 Å². The molecule has 2 N–H and O–H groups in total. The Bertz CT molecular complexity index is 1390. The molecule has 11 heteroatoms. The molecule has 3 heterocycles. The van der Waals surface area contributed by atoms with Gasteiger partial charge in [-0.3, -0.25) is 0 Å². The van der Waals surface area contributed by atoms with E-state index in [0.29, 0.717) is 82.0 Å². The Hall–Kier alpha value is -2.93. The summed E-state index contributed by atoms with van der Waals surface area (Å²) < 4.78 is 34.3. The van der Waals surface area contributed by atoms with E-state index in [1.807, 2.05) is 30.8 Å². The van der Waals surface area contributed by atoms with Crippen molar-refractivity contribution < 1.29 is 28.4 Å². The Morgan fingerprint density at radius 3 is 2.34 bits per heavy atom. The van der Waals surface area contributed by atoms with Gasteiger partial charge in [-0.15, -0.1) is 11.8 Å². The lowest BCUT2D eigenvalue weighted by atomic mass is 10.1. The largest absolute Gasteiger partial charge is 0.493 e. The first-order valence-electron chi connectivity index (χ1n) is 15.3. The number of nitrogens with zero attached hydrogens (tertiary/aromatic N) is 2. The molecule has 3 aromatic rings. The number of benzene rings is 2. The molecule has 0 saturated heterocycles. The highest BCUT2D eigenvalue weighted by Gasteiger charge is 2.26. The molecular formula is C33H44N4O6S. The SMILES string of the molecule is COc1cc2nc(C)nc3c2cc1OCCOCCOCCOCCOCCNCc1ccccc1C1=CCC(S1)[C@H](C)N3. The minimum Gasteiger partial charge on any atom is -0.493 e. The molecule has 0 aliphatic carbocycles. The Morgan fingerprint density at radius 2 is 1.59 bits per heavy atom. The molecule has 4 bridgehead atoms. The number of allylic oxidation sites excluding steroid dienone is 1. The van der Waals surface area contributed by atoms with Crippen LogP contribution in [0, 0.1) is 6.92 Å². The van der Waals surface area contributed by atoms with E-state index in [-0.39, 0.29) is 6.04 Å². The van der Waals surface area contributed by atoms with Crippen LogP contribution in [-0.2, 0) is 25.5 Å². The third-order valence-corrected chi connectivity index (χ3v) is 9.00. The molecule has 2 aliphatic heterocycles. The molecule has 1 aromatic heterocycles. The number of fused-ring (bicyclic) bond motifs is 5. The number of aryl methyl sites for hydroxylation is 1. The number of thioether (sulfide) groups is 1. The van der Waals surface area contributed by atoms with Gasteiger partial charge in [0.2, 0.25) is 0 Å². The van der Waals surface area contributed by atoms with E-state index < -0.39 is 0 Å². The third kappa shape index (κ3) is 9.06. The average molecular weight is 625 g/mol. The average Bonchev–Trinajstić information content (AvgIpc) is 3.52. The highest BCUT2D eigenvalue weighted by Crippen LogP contribution is 2.43. The van der Waals surface area contributed by atoms with Gasteiger partial charge in [0.05, 0.1) is 65.5 Å². The maximum Gasteiger partial charge on any atom is 0.162 e. The second kappa shape index (κ2) is 17.0. The molecule has 0 spiro atoms. The van der Waals surface area contributed by atoms with Crippen molar-refractivity contribution in [2.24, 2.45) is 0 Å². The summed E-state index contributed by atoms with van der Waals surface area (Å²) in [6.45, 7) is 10.3. The van der Waals surface area contributed by atoms with Gasteiger partial charge in [0, 0.05) is 40.7 Å². The zero-order valence-corrected chi connectivity index (χ0v) is 26.8. The van der Waals surface area contributed by atoms with Crippen LogP contribution in [0.2, 0.25) is 0 Å². The first kappa shape index (κ1) is 32.5. The molecule has 2 atom stereocenters. The van der Waals surface area contributed by atoms with Crippen LogP contribution in [0.5, 0.6) is 11.5 Å². The molecular weight excluding hydrogens is 580 g/mol. The number of methoxy groups -OCH3 is 1. The van der Waals surface area contributed by atoms with Crippen LogP contribution in [0.15, 0.2) is 42.5 Å². The fourth-order valence-electron chi connectivity index (χ4n) is 5.16. The number of hydrogen-bond acceptors (Lipinski definition) is 11. The zero-order valence-electron chi connectivity index (χ0n) is 25.9. The maximum absolute atomic E-state index is 6.08. The van der Waals surface area contributed by atoms with E-state index in [4.69, 9.17) is 33.4 Å². The first-order valence-corrected chi connectivity index (χ1v) is 16.2. The third-order valence-electron chi connectivity index (χ3n) is 7.45. The van der Waals surface area contributed by atoms with E-state index in [1.54, 1.807) is 7.11 Å². The number of ether oxygens (including phenoxy) is 6. The van der Waals surface area contributed by atoms with Crippen molar-refractivity contribution in [3.05, 3.63) is 59.4 Å². The molecule has 5 rings (SSSR count). The number of nitrogens with one attached hydrogen (secondary N) is 2. The van der Waals surface area contributed by atoms with Crippen LogP contribution in [0.25, 0.3) is 15.8 Å². The van der Waals surface area contributed by atoms with Gasteiger partial charge < -0.3 is 39.1 Å². The maximum atomic E-state index is 6.08. The number of hydrogen-bond donors (Lipinski definition) is 2. The van der Waals surface area contributed by atoms with Crippen molar-refractivity contribution in [1.82, 2.24) is 15.3 Å². The number of rotatable bonds is 1. The summed E-state index contributed by atoms with van der Waals surface area (Å²) in [5.41, 5.74) is 3.37. The summed E-state index contributed by atoms with van der Waals surface area (Å²) in [6.07, 6.45) is 3.33. The van der Waals surface area contributed by atoms with Gasteiger partial charge in [-0.25, -0.2) is 9.97 Å². The monoisotopic (exact) mass is 624 g/mol. The van der Waals surface area contributed by atoms with Crippen LogP contribution in [0.4, 0.5) is 5.82 Å². The Balaban J connectivity index is 1.31. The van der Waals surface area contributed by atoms with Gasteiger partial charge in [0.1, 0.15) is 18.2 Å². The number of aromatic nitrogens is 2. The highest BCUT2D eigenvalue weighted by molar-refractivity contribution is 8.09. The van der Waals surface area contributed by atoms with Gasteiger partial charge in [0.15, 0.2) is 11.5 Å². The van der Waals surface area contributed by atoms with Crippen molar-refractivity contribution in [2.75, 3.05) is 78.4 Å². The van der Waals surface area contributed by atoms with Crippen molar-refractivity contribution >= 4 is 33.4 Å². The molecule has 0 amide bonds. The van der Waals surface area contributed by atoms with Gasteiger partial charge >= 0.3 is 0 Å². The second-order valence-electron chi connectivity index (χ2n) is 10.7. The fraction of sp³-hybridized carbons (Fsp3) is 0.515. The normalized spacial score (nSPS) is 21.8. The van der Waals surface area contributed by atoms with Crippen LogP contribution in [-0.4, -0.2) is 94.4 Å². The minimum atomic E-state index is 0.159. The Morgan fingerprint density at radius 1 is 0.886 bits per heavy atom. The zero-order chi connectivity index (χ0) is 30.6. The predicted octanol–water partition coefficient (Wildman–Crippen LogP) is 4.84. The van der Waals surface area contributed by atoms with Crippen molar-refractivity contribution in [2.45, 2.75) is 38.1 Å². The molecule has 0 radical (unpaired) electrons. The molecule has 1 unspecified atom stereocenters. The van der Waals surface area contributed by atoms with Crippen molar-refractivity contribution in [1.29, 1.82) is 0 Å². The first-order chi connectivity index (χ1) is 21.6. The standard InChI is InChI=1S/C33H44N4O6S/c1-23-31-8-9-32(44-31)26-7-5-4-6-25(26)22-34-10-11-39-12-13-40-14-15-41-16-17-42-18-19-43-30-20-27-28(21-29(30)38-3)36-24(2)37-33(27)35-23/h4-7,9,20-21,23,31,34H,8,10-19,22H2,1-3H3,(H,35,36,37)/t23-,31?/m0/s1. The van der Waals surface area contributed by atoms with E-state index in [9.17, 15) is 0 Å². The van der Waals surface area contributed by atoms with Crippen LogP contribution >= 0.6 is 11.8 Å². The predicted molar refractivity (Wildman–Crippen MR) is 175 cm³/mol. The van der Waals surface area contributed by atoms with Gasteiger partial charge in [0.25, 0.3) is 0 Å². The summed E-state index contributed by atoms with van der Waals surface area (Å²) in [6, 6.07) is 12.7. The number of anilines is 1.